The lowest BCUT2D eigenvalue weighted by Gasteiger charge is -2.13. The first-order chi connectivity index (χ1) is 12.7. The van der Waals surface area contributed by atoms with Gasteiger partial charge in [0.1, 0.15) is 21.5 Å². The first-order valence-electron chi connectivity index (χ1n) is 7.84. The summed E-state index contributed by atoms with van der Waals surface area (Å²) < 4.78 is 16.2. The second-order valence-electron chi connectivity index (χ2n) is 5.83. The largest absolute Gasteiger partial charge is 0.480 e. The second-order valence-corrected chi connectivity index (χ2v) is 7.16. The normalized spacial score (nSPS) is 12.3. The molecule has 10 heteroatoms. The zero-order chi connectivity index (χ0) is 19.9. The number of fused-ring (bicyclic) bond motifs is 1. The zero-order valence-corrected chi connectivity index (χ0v) is 15.5. The Morgan fingerprint density at radius 2 is 1.85 bits per heavy atom. The van der Waals surface area contributed by atoms with E-state index in [0.29, 0.717) is 0 Å². The smallest absolute Gasteiger partial charge is 0.332 e. The Kier molecular flexibility index (Phi) is 4.83. The fraction of sp³-hybridized carbons (Fsp3) is 0.235. The number of hydrogen-bond donors (Lipinski definition) is 1. The fourth-order valence-corrected chi connectivity index (χ4v) is 3.37. The van der Waals surface area contributed by atoms with Crippen molar-refractivity contribution in [1.82, 2.24) is 19.1 Å². The molecule has 8 nitrogen and oxygen atoms in total. The maximum Gasteiger partial charge on any atom is 0.332 e. The lowest BCUT2D eigenvalue weighted by atomic mass is 10.2. The molecular formula is C17H15FN4O4S. The van der Waals surface area contributed by atoms with Crippen LogP contribution in [0.1, 0.15) is 6.92 Å². The van der Waals surface area contributed by atoms with E-state index in [1.54, 1.807) is 6.07 Å². The van der Waals surface area contributed by atoms with Gasteiger partial charge in [-0.3, -0.25) is 18.7 Å². The molecule has 0 radical (unpaired) electrons. The minimum absolute atomic E-state index is 0.0106. The van der Waals surface area contributed by atoms with E-state index < -0.39 is 28.3 Å². The monoisotopic (exact) mass is 390 g/mol. The van der Waals surface area contributed by atoms with E-state index in [1.165, 1.54) is 39.2 Å². The minimum Gasteiger partial charge on any atom is -0.480 e. The van der Waals surface area contributed by atoms with Gasteiger partial charge in [0.2, 0.25) is 0 Å². The molecule has 0 aliphatic carbocycles. The number of aryl methyl sites for hydroxylation is 1. The van der Waals surface area contributed by atoms with Gasteiger partial charge >= 0.3 is 11.7 Å². The van der Waals surface area contributed by atoms with Gasteiger partial charge in [0, 0.05) is 14.1 Å². The van der Waals surface area contributed by atoms with E-state index in [-0.39, 0.29) is 27.4 Å². The lowest BCUT2D eigenvalue weighted by molar-refractivity contribution is -0.136. The fourth-order valence-electron chi connectivity index (χ4n) is 2.50. The number of aliphatic carboxylic acids is 1. The third-order valence-corrected chi connectivity index (χ3v) is 5.09. The summed E-state index contributed by atoms with van der Waals surface area (Å²) in [4.78, 5) is 44.6. The Hall–Kier alpha value is -3.01. The number of carboxylic acids is 1. The Morgan fingerprint density at radius 3 is 2.48 bits per heavy atom. The van der Waals surface area contributed by atoms with Gasteiger partial charge < -0.3 is 5.11 Å². The highest BCUT2D eigenvalue weighted by atomic mass is 32.2. The molecule has 0 saturated heterocycles. The molecule has 2 heterocycles. The molecule has 0 amide bonds. The third-order valence-electron chi connectivity index (χ3n) is 4.02. The zero-order valence-electron chi connectivity index (χ0n) is 14.6. The number of hydrogen-bond acceptors (Lipinski definition) is 6. The first-order valence-corrected chi connectivity index (χ1v) is 8.72. The summed E-state index contributed by atoms with van der Waals surface area (Å²) in [5.41, 5.74) is -1.16. The van der Waals surface area contributed by atoms with Gasteiger partial charge in [-0.2, -0.15) is 0 Å². The molecule has 1 N–H and O–H groups in total. The minimum atomic E-state index is -1.10. The predicted octanol–water partition coefficient (Wildman–Crippen LogP) is 1.40. The van der Waals surface area contributed by atoms with E-state index in [9.17, 15) is 23.9 Å². The molecular weight excluding hydrogens is 375 g/mol. The van der Waals surface area contributed by atoms with E-state index in [1.807, 2.05) is 0 Å². The Labute approximate surface area is 156 Å². The number of carboxylic acid groups (broad SMARTS) is 1. The van der Waals surface area contributed by atoms with Crippen molar-refractivity contribution in [2.75, 3.05) is 0 Å². The summed E-state index contributed by atoms with van der Waals surface area (Å²) in [5.74, 6) is -1.71. The predicted molar refractivity (Wildman–Crippen MR) is 98.4 cm³/mol. The third kappa shape index (κ3) is 3.23. The lowest BCUT2D eigenvalue weighted by Crippen LogP contribution is -2.37. The second kappa shape index (κ2) is 6.95. The summed E-state index contributed by atoms with van der Waals surface area (Å²) in [5, 5.41) is 8.37. The van der Waals surface area contributed by atoms with Crippen LogP contribution in [0.5, 0.6) is 0 Å². The van der Waals surface area contributed by atoms with Crippen molar-refractivity contribution < 1.29 is 14.3 Å². The number of nitrogens with zero attached hydrogens (tertiary/aromatic N) is 4. The number of carbonyl (C=O) groups is 1. The summed E-state index contributed by atoms with van der Waals surface area (Å²) >= 11 is 0.831. The van der Waals surface area contributed by atoms with E-state index >= 15 is 0 Å². The standard InChI is InChI=1S/C17H15FN4O4S/c1-8(16(24)25)27-14-11-13(21(2)17(26)22(3)15(11)23)19-12(20-14)9-6-4-5-7-10(9)18/h4-8H,1-3H3,(H,24,25)/t8-/m0/s1. The van der Waals surface area contributed by atoms with E-state index in [4.69, 9.17) is 0 Å². The van der Waals surface area contributed by atoms with Gasteiger partial charge in [-0.15, -0.1) is 0 Å². The van der Waals surface area contributed by atoms with Crippen LogP contribution in [0.15, 0.2) is 38.9 Å². The van der Waals surface area contributed by atoms with Crippen LogP contribution in [0.2, 0.25) is 0 Å². The van der Waals surface area contributed by atoms with Crippen LogP contribution in [-0.2, 0) is 18.9 Å². The number of benzene rings is 1. The maximum atomic E-state index is 14.2. The van der Waals surface area contributed by atoms with Gasteiger partial charge in [0.15, 0.2) is 11.5 Å². The van der Waals surface area contributed by atoms with Crippen molar-refractivity contribution in [2.45, 2.75) is 17.2 Å². The molecule has 1 atom stereocenters. The summed E-state index contributed by atoms with van der Waals surface area (Å²) in [7, 11) is 2.74. The topological polar surface area (TPSA) is 107 Å². The van der Waals surface area contributed by atoms with Crippen molar-refractivity contribution >= 4 is 28.8 Å². The Morgan fingerprint density at radius 1 is 1.19 bits per heavy atom. The molecule has 2 aromatic heterocycles. The van der Waals surface area contributed by atoms with Gasteiger partial charge in [0.05, 0.1) is 5.56 Å². The van der Waals surface area contributed by atoms with Gasteiger partial charge in [-0.05, 0) is 19.1 Å². The highest BCUT2D eigenvalue weighted by molar-refractivity contribution is 8.00. The van der Waals surface area contributed by atoms with Crippen LogP contribution in [-0.4, -0.2) is 35.4 Å². The molecule has 0 aliphatic rings. The molecule has 0 bridgehead atoms. The number of rotatable bonds is 4. The first kappa shape index (κ1) is 18.8. The maximum absolute atomic E-state index is 14.2. The van der Waals surface area contributed by atoms with Crippen LogP contribution in [0.25, 0.3) is 22.4 Å². The Balaban J connectivity index is 2.42. The highest BCUT2D eigenvalue weighted by Crippen LogP contribution is 2.29. The van der Waals surface area contributed by atoms with Gasteiger partial charge in [0.25, 0.3) is 5.56 Å². The molecule has 0 spiro atoms. The van der Waals surface area contributed by atoms with Crippen molar-refractivity contribution in [3.8, 4) is 11.4 Å². The average molecular weight is 390 g/mol. The van der Waals surface area contributed by atoms with Crippen molar-refractivity contribution in [3.05, 3.63) is 50.9 Å². The Bertz CT molecular complexity index is 1190. The van der Waals surface area contributed by atoms with Crippen LogP contribution in [0.3, 0.4) is 0 Å². The van der Waals surface area contributed by atoms with Crippen LogP contribution < -0.4 is 11.2 Å². The molecule has 27 heavy (non-hydrogen) atoms. The van der Waals surface area contributed by atoms with E-state index in [0.717, 1.165) is 20.9 Å². The van der Waals surface area contributed by atoms with Crippen molar-refractivity contribution in [3.63, 3.8) is 0 Å². The molecule has 0 fully saturated rings. The highest BCUT2D eigenvalue weighted by Gasteiger charge is 2.22. The van der Waals surface area contributed by atoms with Crippen LogP contribution in [0.4, 0.5) is 4.39 Å². The quantitative estimate of drug-likeness (QED) is 0.530. The molecule has 3 aromatic rings. The number of halogens is 1. The molecule has 0 saturated carbocycles. The van der Waals surface area contributed by atoms with Crippen LogP contribution >= 0.6 is 11.8 Å². The van der Waals surface area contributed by atoms with E-state index in [2.05, 4.69) is 9.97 Å². The number of thioether (sulfide) groups is 1. The average Bonchev–Trinajstić information content (AvgIpc) is 2.64. The van der Waals surface area contributed by atoms with Gasteiger partial charge in [-0.1, -0.05) is 23.9 Å². The molecule has 140 valence electrons. The molecule has 3 rings (SSSR count). The SMILES string of the molecule is C[C@H](Sc1nc(-c2ccccc2F)nc2c1c(=O)n(C)c(=O)n2C)C(=O)O. The van der Waals surface area contributed by atoms with Gasteiger partial charge in [-0.25, -0.2) is 19.2 Å². The summed E-state index contributed by atoms with van der Waals surface area (Å²) in [6.07, 6.45) is 0. The molecule has 0 unspecified atom stereocenters. The van der Waals surface area contributed by atoms with Crippen molar-refractivity contribution in [1.29, 1.82) is 0 Å². The summed E-state index contributed by atoms with van der Waals surface area (Å²) in [6.45, 7) is 1.44. The van der Waals surface area contributed by atoms with Crippen LogP contribution in [0, 0.1) is 5.82 Å². The van der Waals surface area contributed by atoms with Crippen molar-refractivity contribution in [2.24, 2.45) is 14.1 Å². The molecule has 1 aromatic carbocycles. The molecule has 0 aliphatic heterocycles. The number of aromatic nitrogens is 4. The summed E-state index contributed by atoms with van der Waals surface area (Å²) in [6, 6.07) is 5.80.